The molecule has 1 heterocycles. The zero-order valence-electron chi connectivity index (χ0n) is 13.2. The molecular weight excluding hydrogens is 318 g/mol. The zero-order valence-corrected chi connectivity index (χ0v) is 13.2. The Bertz CT molecular complexity index is 866. The molecule has 0 amide bonds. The summed E-state index contributed by atoms with van der Waals surface area (Å²) in [5.41, 5.74) is -0.391. The minimum absolute atomic E-state index is 0.0341. The second-order valence-electron chi connectivity index (χ2n) is 4.54. The molecule has 1 aromatic carbocycles. The summed E-state index contributed by atoms with van der Waals surface area (Å²) in [6.07, 6.45) is 2.02. The minimum atomic E-state index is -0.838. The molecule has 2 rings (SSSR count). The van der Waals surface area contributed by atoms with Gasteiger partial charge in [-0.1, -0.05) is 0 Å². The molecule has 0 radical (unpaired) electrons. The normalized spacial score (nSPS) is 11.0. The van der Waals surface area contributed by atoms with Crippen LogP contribution in [0.2, 0.25) is 0 Å². The number of fused-ring (bicyclic) bond motifs is 1. The van der Waals surface area contributed by atoms with Gasteiger partial charge >= 0.3 is 11.9 Å². The van der Waals surface area contributed by atoms with Crippen LogP contribution in [0, 0.1) is 0 Å². The zero-order chi connectivity index (χ0) is 17.7. The molecule has 2 aromatic rings. The van der Waals surface area contributed by atoms with Crippen LogP contribution in [0.15, 0.2) is 45.4 Å². The first-order valence-corrected chi connectivity index (χ1v) is 6.74. The molecule has 0 aliphatic heterocycles. The molecule has 0 saturated carbocycles. The third kappa shape index (κ3) is 3.54. The Morgan fingerprint density at radius 3 is 2.54 bits per heavy atom. The van der Waals surface area contributed by atoms with E-state index in [4.69, 9.17) is 9.15 Å². The Labute approximate surface area is 136 Å². The summed E-state index contributed by atoms with van der Waals surface area (Å²) in [5.74, 6) is -1.08. The van der Waals surface area contributed by atoms with E-state index in [9.17, 15) is 14.4 Å². The van der Waals surface area contributed by atoms with E-state index in [1.165, 1.54) is 13.2 Å². The summed E-state index contributed by atoms with van der Waals surface area (Å²) in [6.45, 7) is 0. The second kappa shape index (κ2) is 7.32. The van der Waals surface area contributed by atoms with Gasteiger partial charge in [0.2, 0.25) is 5.43 Å². The van der Waals surface area contributed by atoms with Gasteiger partial charge in [0.25, 0.3) is 0 Å². The van der Waals surface area contributed by atoms with Crippen molar-refractivity contribution < 1.29 is 28.2 Å². The van der Waals surface area contributed by atoms with Crippen molar-refractivity contribution >= 4 is 28.6 Å². The number of benzene rings is 1. The van der Waals surface area contributed by atoms with Crippen molar-refractivity contribution in [3.05, 3.63) is 46.5 Å². The molecule has 126 valence electrons. The van der Waals surface area contributed by atoms with Gasteiger partial charge in [0, 0.05) is 6.07 Å². The van der Waals surface area contributed by atoms with Crippen LogP contribution in [-0.2, 0) is 19.1 Å². The van der Waals surface area contributed by atoms with Crippen LogP contribution in [0.25, 0.3) is 11.0 Å². The molecule has 1 N–H and O–H groups in total. The maximum atomic E-state index is 12.5. The topological polar surface area (TPSA) is 104 Å². The Hall–Kier alpha value is -3.29. The fourth-order valence-corrected chi connectivity index (χ4v) is 1.90. The molecule has 8 heteroatoms. The van der Waals surface area contributed by atoms with E-state index < -0.39 is 17.4 Å². The highest BCUT2D eigenvalue weighted by Crippen LogP contribution is 2.20. The molecule has 0 saturated heterocycles. The number of ether oxygens (including phenoxy) is 3. The van der Waals surface area contributed by atoms with Gasteiger partial charge in [-0.2, -0.15) is 0 Å². The van der Waals surface area contributed by atoms with Gasteiger partial charge < -0.3 is 23.9 Å². The van der Waals surface area contributed by atoms with Gasteiger partial charge in [-0.05, 0) is 12.1 Å². The molecule has 0 unspecified atom stereocenters. The van der Waals surface area contributed by atoms with Crippen LogP contribution in [0.5, 0.6) is 5.75 Å². The van der Waals surface area contributed by atoms with Crippen molar-refractivity contribution in [3.63, 3.8) is 0 Å². The van der Waals surface area contributed by atoms with Gasteiger partial charge in [-0.3, -0.25) is 4.79 Å². The number of hydrogen-bond acceptors (Lipinski definition) is 8. The Kier molecular flexibility index (Phi) is 5.20. The van der Waals surface area contributed by atoms with Crippen LogP contribution < -0.4 is 15.5 Å². The average molecular weight is 333 g/mol. The molecule has 24 heavy (non-hydrogen) atoms. The summed E-state index contributed by atoms with van der Waals surface area (Å²) in [4.78, 5) is 35.5. The number of carbonyl (C=O) groups excluding carboxylic acids is 2. The molecule has 0 aliphatic rings. The maximum absolute atomic E-state index is 12.5. The van der Waals surface area contributed by atoms with Crippen LogP contribution in [0.4, 0.5) is 5.69 Å². The lowest BCUT2D eigenvalue weighted by atomic mass is 10.2. The average Bonchev–Trinajstić information content (AvgIpc) is 2.61. The van der Waals surface area contributed by atoms with Crippen molar-refractivity contribution in [3.8, 4) is 5.75 Å². The van der Waals surface area contributed by atoms with Gasteiger partial charge in [-0.15, -0.1) is 0 Å². The number of anilines is 1. The van der Waals surface area contributed by atoms with E-state index in [2.05, 4.69) is 14.8 Å². The quantitative estimate of drug-likeness (QED) is 0.647. The summed E-state index contributed by atoms with van der Waals surface area (Å²) in [7, 11) is 3.80. The lowest BCUT2D eigenvalue weighted by molar-refractivity contribution is -0.138. The smallest absolute Gasteiger partial charge is 0.354 e. The SMILES string of the molecule is COC(=O)/C=C(\Nc1coc2cc(OC)ccc2c1=O)C(=O)OC. The second-order valence-corrected chi connectivity index (χ2v) is 4.54. The molecule has 0 bridgehead atoms. The van der Waals surface area contributed by atoms with Gasteiger partial charge in [0.1, 0.15) is 29.0 Å². The van der Waals surface area contributed by atoms with Crippen molar-refractivity contribution in [1.29, 1.82) is 0 Å². The van der Waals surface area contributed by atoms with Crippen molar-refractivity contribution in [2.45, 2.75) is 0 Å². The van der Waals surface area contributed by atoms with Crippen LogP contribution in [0.1, 0.15) is 0 Å². The summed E-state index contributed by atoms with van der Waals surface area (Å²) in [6, 6.07) is 4.70. The lowest BCUT2D eigenvalue weighted by Crippen LogP contribution is -2.19. The van der Waals surface area contributed by atoms with E-state index >= 15 is 0 Å². The molecule has 0 atom stereocenters. The van der Waals surface area contributed by atoms with Gasteiger partial charge in [0.15, 0.2) is 0 Å². The van der Waals surface area contributed by atoms with E-state index in [-0.39, 0.29) is 16.8 Å². The van der Waals surface area contributed by atoms with E-state index in [0.29, 0.717) is 11.3 Å². The summed E-state index contributed by atoms with van der Waals surface area (Å²) < 4.78 is 19.5. The molecule has 0 fully saturated rings. The van der Waals surface area contributed by atoms with Gasteiger partial charge in [-0.25, -0.2) is 9.59 Å². The highest BCUT2D eigenvalue weighted by Gasteiger charge is 2.16. The monoisotopic (exact) mass is 333 g/mol. The van der Waals surface area contributed by atoms with Gasteiger partial charge in [0.05, 0.1) is 32.8 Å². The number of carbonyl (C=O) groups is 2. The standard InChI is InChI=1S/C16H15NO7/c1-21-9-4-5-10-13(6-9)24-8-12(15(10)19)17-11(16(20)23-3)7-14(18)22-2/h4-8,17H,1-3H3/b11-7-. The van der Waals surface area contributed by atoms with E-state index in [1.807, 2.05) is 0 Å². The third-order valence-corrected chi connectivity index (χ3v) is 3.12. The number of esters is 2. The lowest BCUT2D eigenvalue weighted by Gasteiger charge is -2.09. The predicted octanol–water partition coefficient (Wildman–Crippen LogP) is 1.44. The van der Waals surface area contributed by atoms with E-state index in [1.54, 1.807) is 12.1 Å². The van der Waals surface area contributed by atoms with Crippen molar-refractivity contribution in [2.24, 2.45) is 0 Å². The van der Waals surface area contributed by atoms with Crippen molar-refractivity contribution in [1.82, 2.24) is 0 Å². The molecule has 1 aromatic heterocycles. The minimum Gasteiger partial charge on any atom is -0.497 e. The Morgan fingerprint density at radius 2 is 1.92 bits per heavy atom. The molecule has 0 aliphatic carbocycles. The fraction of sp³-hybridized carbons (Fsp3) is 0.188. The summed E-state index contributed by atoms with van der Waals surface area (Å²) >= 11 is 0. The highest BCUT2D eigenvalue weighted by atomic mass is 16.5. The Morgan fingerprint density at radius 1 is 1.17 bits per heavy atom. The molecule has 8 nitrogen and oxygen atoms in total. The first-order valence-electron chi connectivity index (χ1n) is 6.74. The third-order valence-electron chi connectivity index (χ3n) is 3.12. The number of nitrogens with one attached hydrogen (secondary N) is 1. The largest absolute Gasteiger partial charge is 0.497 e. The number of rotatable bonds is 5. The number of methoxy groups -OCH3 is 3. The number of hydrogen-bond donors (Lipinski definition) is 1. The highest BCUT2D eigenvalue weighted by molar-refractivity contribution is 5.99. The van der Waals surface area contributed by atoms with Crippen LogP contribution in [0.3, 0.4) is 0 Å². The Balaban J connectivity index is 2.46. The van der Waals surface area contributed by atoms with Crippen molar-refractivity contribution in [2.75, 3.05) is 26.6 Å². The first kappa shape index (κ1) is 17.1. The summed E-state index contributed by atoms with van der Waals surface area (Å²) in [5, 5.41) is 2.81. The van der Waals surface area contributed by atoms with Crippen LogP contribution >= 0.6 is 0 Å². The van der Waals surface area contributed by atoms with Crippen LogP contribution in [-0.4, -0.2) is 33.3 Å². The molecule has 0 spiro atoms. The predicted molar refractivity (Wildman–Crippen MR) is 84.8 cm³/mol. The fourth-order valence-electron chi connectivity index (χ4n) is 1.90. The first-order chi connectivity index (χ1) is 11.5. The maximum Gasteiger partial charge on any atom is 0.354 e. The molecular formula is C16H15NO7. The van der Waals surface area contributed by atoms with E-state index in [0.717, 1.165) is 26.6 Å².